The Kier molecular flexibility index (Phi) is 4.95. The normalized spacial score (nSPS) is 10.6. The zero-order chi connectivity index (χ0) is 13.0. The first-order valence-corrected chi connectivity index (χ1v) is 6.47. The first-order chi connectivity index (χ1) is 7.93. The van der Waals surface area contributed by atoms with E-state index < -0.39 is 0 Å². The van der Waals surface area contributed by atoms with Crippen molar-refractivity contribution < 1.29 is 4.79 Å². The summed E-state index contributed by atoms with van der Waals surface area (Å²) in [5, 5.41) is 3.98. The summed E-state index contributed by atoms with van der Waals surface area (Å²) in [4.78, 5) is 14.7. The zero-order valence-electron chi connectivity index (χ0n) is 10.1. The molecule has 1 heterocycles. The number of aromatic nitrogens is 2. The molecule has 1 aromatic heterocycles. The van der Waals surface area contributed by atoms with Crippen LogP contribution >= 0.6 is 23.8 Å². The second-order valence-corrected chi connectivity index (χ2v) is 5.36. The van der Waals surface area contributed by atoms with Crippen molar-refractivity contribution >= 4 is 34.6 Å². The molecule has 0 aromatic carbocycles. The molecular weight excluding hydrogens is 256 g/mol. The summed E-state index contributed by atoms with van der Waals surface area (Å²) in [6.07, 6.45) is 0.529. The third kappa shape index (κ3) is 3.71. The number of rotatable bonds is 5. The highest BCUT2D eigenvalue weighted by Crippen LogP contribution is 2.20. The molecule has 1 rings (SSSR count). The summed E-state index contributed by atoms with van der Waals surface area (Å²) in [5.74, 6) is 0.122. The van der Waals surface area contributed by atoms with Crippen molar-refractivity contribution in [1.82, 2.24) is 14.5 Å². The molecule has 0 radical (unpaired) electrons. The first kappa shape index (κ1) is 14.0. The van der Waals surface area contributed by atoms with Crippen molar-refractivity contribution in [3.05, 3.63) is 10.6 Å². The monoisotopic (exact) mass is 272 g/mol. The van der Waals surface area contributed by atoms with Crippen molar-refractivity contribution in [2.24, 2.45) is 5.73 Å². The van der Waals surface area contributed by atoms with E-state index >= 15 is 0 Å². The highest BCUT2D eigenvalue weighted by atomic mass is 32.1. The predicted molar refractivity (Wildman–Crippen MR) is 72.4 cm³/mol. The summed E-state index contributed by atoms with van der Waals surface area (Å²) >= 11 is 5.92. The molecule has 94 valence electrons. The van der Waals surface area contributed by atoms with Crippen LogP contribution in [0, 0.1) is 0 Å². The van der Waals surface area contributed by atoms with Gasteiger partial charge in [0.05, 0.1) is 10.7 Å². The van der Waals surface area contributed by atoms with Crippen LogP contribution in [-0.4, -0.2) is 39.0 Å². The number of nitrogens with two attached hydrogens (primary N) is 1. The van der Waals surface area contributed by atoms with Crippen LogP contribution in [0.4, 0.5) is 0 Å². The van der Waals surface area contributed by atoms with Gasteiger partial charge in [0.1, 0.15) is 4.88 Å². The molecule has 7 heteroatoms. The van der Waals surface area contributed by atoms with E-state index in [1.54, 1.807) is 11.9 Å². The second kappa shape index (κ2) is 6.02. The number of carbonyl (C=O) groups is 1. The van der Waals surface area contributed by atoms with E-state index in [0.717, 1.165) is 17.2 Å². The van der Waals surface area contributed by atoms with E-state index in [2.05, 4.69) is 9.59 Å². The summed E-state index contributed by atoms with van der Waals surface area (Å²) < 4.78 is 3.84. The van der Waals surface area contributed by atoms with Crippen LogP contribution in [0.25, 0.3) is 0 Å². The smallest absolute Gasteiger partial charge is 0.267 e. The van der Waals surface area contributed by atoms with Crippen LogP contribution in [-0.2, 0) is 0 Å². The lowest BCUT2D eigenvalue weighted by atomic mass is 10.1. The van der Waals surface area contributed by atoms with E-state index in [-0.39, 0.29) is 11.8 Å². The first-order valence-electron chi connectivity index (χ1n) is 5.29. The Morgan fingerprint density at radius 3 is 2.76 bits per heavy atom. The van der Waals surface area contributed by atoms with Crippen LogP contribution in [0.2, 0.25) is 0 Å². The number of carbonyl (C=O) groups excluding carboxylic acids is 1. The molecule has 0 saturated carbocycles. The molecule has 5 nitrogen and oxygen atoms in total. The van der Waals surface area contributed by atoms with Gasteiger partial charge >= 0.3 is 0 Å². The molecule has 17 heavy (non-hydrogen) atoms. The third-order valence-corrected chi connectivity index (χ3v) is 3.23. The number of nitrogens with zero attached hydrogens (tertiary/aromatic N) is 3. The summed E-state index contributed by atoms with van der Waals surface area (Å²) in [7, 11) is 1.73. The third-order valence-electron chi connectivity index (χ3n) is 2.29. The van der Waals surface area contributed by atoms with Gasteiger partial charge in [-0.2, -0.15) is 0 Å². The van der Waals surface area contributed by atoms with E-state index in [0.29, 0.717) is 22.8 Å². The molecule has 0 aliphatic rings. The van der Waals surface area contributed by atoms with Crippen molar-refractivity contribution in [2.75, 3.05) is 13.6 Å². The summed E-state index contributed by atoms with van der Waals surface area (Å²) in [6, 6.07) is 0. The van der Waals surface area contributed by atoms with Gasteiger partial charge in [-0.3, -0.25) is 4.79 Å². The average molecular weight is 272 g/mol. The van der Waals surface area contributed by atoms with Gasteiger partial charge in [0, 0.05) is 20.0 Å². The van der Waals surface area contributed by atoms with E-state index in [9.17, 15) is 4.79 Å². The number of thiocarbonyl (C=S) groups is 1. The zero-order valence-corrected chi connectivity index (χ0v) is 11.8. The number of amides is 1. The average Bonchev–Trinajstić information content (AvgIpc) is 2.73. The maximum Gasteiger partial charge on any atom is 0.267 e. The number of hydrogen-bond donors (Lipinski definition) is 1. The van der Waals surface area contributed by atoms with Crippen LogP contribution in [0.3, 0.4) is 0 Å². The standard InChI is InChI=1S/C10H16N4OS2/c1-6(2)8-9(17-13-12-8)10(15)14(3)5-4-7(11)16/h6H,4-5H2,1-3H3,(H2,11,16). The largest absolute Gasteiger partial charge is 0.393 e. The molecule has 2 N–H and O–H groups in total. The van der Waals surface area contributed by atoms with Crippen molar-refractivity contribution in [2.45, 2.75) is 26.2 Å². The van der Waals surface area contributed by atoms with E-state index in [1.807, 2.05) is 13.8 Å². The van der Waals surface area contributed by atoms with Crippen molar-refractivity contribution in [3.8, 4) is 0 Å². The van der Waals surface area contributed by atoms with Gasteiger partial charge in [0.25, 0.3) is 5.91 Å². The summed E-state index contributed by atoms with van der Waals surface area (Å²) in [6.45, 7) is 4.49. The highest BCUT2D eigenvalue weighted by molar-refractivity contribution is 7.80. The van der Waals surface area contributed by atoms with Gasteiger partial charge < -0.3 is 10.6 Å². The Hall–Kier alpha value is -1.08. The van der Waals surface area contributed by atoms with Gasteiger partial charge in [0.15, 0.2) is 0 Å². The Morgan fingerprint density at radius 2 is 2.24 bits per heavy atom. The van der Waals surface area contributed by atoms with Crippen LogP contribution < -0.4 is 5.73 Å². The van der Waals surface area contributed by atoms with E-state index in [1.165, 1.54) is 0 Å². The molecule has 1 aromatic rings. The Labute approximate surface area is 110 Å². The maximum absolute atomic E-state index is 12.1. The second-order valence-electron chi connectivity index (χ2n) is 4.09. The molecule has 0 aliphatic heterocycles. The topological polar surface area (TPSA) is 72.1 Å². The molecule has 0 bridgehead atoms. The lowest BCUT2D eigenvalue weighted by Crippen LogP contribution is -2.30. The maximum atomic E-state index is 12.1. The fourth-order valence-electron chi connectivity index (χ4n) is 1.28. The molecule has 0 saturated heterocycles. The van der Waals surface area contributed by atoms with Crippen LogP contribution in [0.15, 0.2) is 0 Å². The lowest BCUT2D eigenvalue weighted by Gasteiger charge is -2.16. The highest BCUT2D eigenvalue weighted by Gasteiger charge is 2.21. The van der Waals surface area contributed by atoms with Gasteiger partial charge in [-0.1, -0.05) is 30.6 Å². The minimum Gasteiger partial charge on any atom is -0.393 e. The Morgan fingerprint density at radius 1 is 1.59 bits per heavy atom. The van der Waals surface area contributed by atoms with Gasteiger partial charge in [-0.15, -0.1) is 5.10 Å². The fraction of sp³-hybridized carbons (Fsp3) is 0.600. The van der Waals surface area contributed by atoms with Crippen molar-refractivity contribution in [1.29, 1.82) is 0 Å². The van der Waals surface area contributed by atoms with E-state index in [4.69, 9.17) is 18.0 Å². The molecule has 0 unspecified atom stereocenters. The molecule has 1 amide bonds. The predicted octanol–water partition coefficient (Wildman–Crippen LogP) is 1.41. The SMILES string of the molecule is CC(C)c1nnsc1C(=O)N(C)CCC(N)=S. The van der Waals surface area contributed by atoms with Gasteiger partial charge in [-0.25, -0.2) is 0 Å². The van der Waals surface area contributed by atoms with Gasteiger partial charge in [-0.05, 0) is 17.5 Å². The molecule has 0 spiro atoms. The fourth-order valence-corrected chi connectivity index (χ4v) is 2.18. The van der Waals surface area contributed by atoms with Crippen LogP contribution in [0.1, 0.15) is 41.6 Å². The Bertz CT molecular complexity index is 416. The quantitative estimate of drug-likeness (QED) is 0.821. The lowest BCUT2D eigenvalue weighted by molar-refractivity contribution is 0.0802. The number of hydrogen-bond acceptors (Lipinski definition) is 5. The molecule has 0 aliphatic carbocycles. The minimum absolute atomic E-state index is 0.0695. The van der Waals surface area contributed by atoms with Gasteiger partial charge in [0.2, 0.25) is 0 Å². The minimum atomic E-state index is -0.0695. The van der Waals surface area contributed by atoms with Crippen LogP contribution in [0.5, 0.6) is 0 Å². The molecule has 0 fully saturated rings. The van der Waals surface area contributed by atoms with Crippen molar-refractivity contribution in [3.63, 3.8) is 0 Å². The Balaban J connectivity index is 2.74. The molecule has 0 atom stereocenters. The molecular formula is C10H16N4OS2. The summed E-state index contributed by atoms with van der Waals surface area (Å²) in [5.41, 5.74) is 6.16.